The highest BCUT2D eigenvalue weighted by Crippen LogP contribution is 2.25. The number of rotatable bonds is 2. The molecule has 0 aromatic rings. The molecule has 1 atom stereocenters. The molecule has 2 fully saturated rings. The minimum absolute atomic E-state index is 0.348. The van der Waals surface area contributed by atoms with Gasteiger partial charge in [-0.2, -0.15) is 0 Å². The lowest BCUT2D eigenvalue weighted by molar-refractivity contribution is 0.194. The van der Waals surface area contributed by atoms with Gasteiger partial charge in [0.05, 0.1) is 18.5 Å². The Morgan fingerprint density at radius 1 is 1.23 bits per heavy atom. The molecule has 1 aliphatic heterocycles. The fourth-order valence-electron chi connectivity index (χ4n) is 2.16. The Balaban J connectivity index is 1.89. The molecule has 1 heterocycles. The molecule has 2 rings (SSSR count). The number of hydrogen-bond acceptors (Lipinski definition) is 2. The number of amidine groups is 1. The molecule has 0 aromatic carbocycles. The third-order valence-corrected chi connectivity index (χ3v) is 3.01. The second-order valence-corrected chi connectivity index (χ2v) is 4.05. The second-order valence-electron chi connectivity index (χ2n) is 4.05. The van der Waals surface area contributed by atoms with Gasteiger partial charge in [0.2, 0.25) is 0 Å². The largest absolute Gasteiger partial charge is 0.387 e. The van der Waals surface area contributed by atoms with Crippen molar-refractivity contribution >= 4 is 5.84 Å². The number of nitrogens with two attached hydrogens (primary N) is 1. The quantitative estimate of drug-likeness (QED) is 0.517. The van der Waals surface area contributed by atoms with Gasteiger partial charge < -0.3 is 10.5 Å². The molecule has 0 bridgehead atoms. The van der Waals surface area contributed by atoms with Crippen molar-refractivity contribution in [2.45, 2.75) is 38.1 Å². The van der Waals surface area contributed by atoms with E-state index in [-0.39, 0.29) is 0 Å². The first kappa shape index (κ1) is 9.00. The zero-order chi connectivity index (χ0) is 9.10. The van der Waals surface area contributed by atoms with Gasteiger partial charge >= 0.3 is 0 Å². The smallest absolute Gasteiger partial charge is 0.0972 e. The van der Waals surface area contributed by atoms with Crippen LogP contribution in [0.1, 0.15) is 32.1 Å². The molecule has 0 spiro atoms. The molecule has 1 aliphatic carbocycles. The van der Waals surface area contributed by atoms with Gasteiger partial charge in [0.15, 0.2) is 0 Å². The predicted octanol–water partition coefficient (Wildman–Crippen LogP) is 1.32. The van der Waals surface area contributed by atoms with Crippen LogP contribution in [-0.4, -0.2) is 25.1 Å². The summed E-state index contributed by atoms with van der Waals surface area (Å²) in [7, 11) is 0. The van der Waals surface area contributed by atoms with Gasteiger partial charge in [-0.1, -0.05) is 12.8 Å². The fraction of sp³-hybridized carbons (Fsp3) is 0.900. The maximum absolute atomic E-state index is 5.95. The van der Waals surface area contributed by atoms with Gasteiger partial charge in [-0.3, -0.25) is 4.99 Å². The van der Waals surface area contributed by atoms with E-state index in [0.717, 1.165) is 25.5 Å². The molecule has 1 unspecified atom stereocenters. The van der Waals surface area contributed by atoms with E-state index in [4.69, 9.17) is 10.5 Å². The summed E-state index contributed by atoms with van der Waals surface area (Å²) < 4.78 is 5.26. The minimum Gasteiger partial charge on any atom is -0.387 e. The fourth-order valence-corrected chi connectivity index (χ4v) is 2.16. The summed E-state index contributed by atoms with van der Waals surface area (Å²) in [6, 6.07) is 0.348. The van der Waals surface area contributed by atoms with Crippen LogP contribution in [0.5, 0.6) is 0 Å². The highest BCUT2D eigenvalue weighted by molar-refractivity contribution is 5.83. The first-order valence-corrected chi connectivity index (χ1v) is 5.27. The van der Waals surface area contributed by atoms with Crippen molar-refractivity contribution < 1.29 is 4.74 Å². The highest BCUT2D eigenvalue weighted by Gasteiger charge is 2.21. The van der Waals surface area contributed by atoms with Gasteiger partial charge in [-0.25, -0.2) is 0 Å². The molecular weight excluding hydrogens is 164 g/mol. The summed E-state index contributed by atoms with van der Waals surface area (Å²) >= 11 is 0. The molecule has 3 nitrogen and oxygen atoms in total. The number of aliphatic imine (C=N–C) groups is 1. The molecule has 1 saturated carbocycles. The van der Waals surface area contributed by atoms with Crippen LogP contribution in [0.3, 0.4) is 0 Å². The Morgan fingerprint density at radius 3 is 2.62 bits per heavy atom. The van der Waals surface area contributed by atoms with Crippen molar-refractivity contribution in [3.8, 4) is 0 Å². The highest BCUT2D eigenvalue weighted by atomic mass is 16.5. The lowest BCUT2D eigenvalue weighted by Gasteiger charge is -2.10. The minimum atomic E-state index is 0.348. The van der Waals surface area contributed by atoms with E-state index in [2.05, 4.69) is 4.99 Å². The van der Waals surface area contributed by atoms with Crippen LogP contribution in [0, 0.1) is 5.92 Å². The van der Waals surface area contributed by atoms with Crippen molar-refractivity contribution in [3.63, 3.8) is 0 Å². The average Bonchev–Trinajstić information content (AvgIpc) is 2.74. The van der Waals surface area contributed by atoms with E-state index in [9.17, 15) is 0 Å². The molecule has 0 radical (unpaired) electrons. The van der Waals surface area contributed by atoms with Gasteiger partial charge in [-0.15, -0.1) is 0 Å². The standard InChI is InChI=1S/C10H18N2O/c11-10(8-3-1-2-4-8)12-9-5-6-13-7-9/h8-9H,1-7H2,(H2,11,12). The van der Waals surface area contributed by atoms with E-state index in [0.29, 0.717) is 12.0 Å². The van der Waals surface area contributed by atoms with E-state index in [1.165, 1.54) is 25.7 Å². The second kappa shape index (κ2) is 4.09. The Morgan fingerprint density at radius 2 is 2.00 bits per heavy atom. The van der Waals surface area contributed by atoms with E-state index in [1.807, 2.05) is 0 Å². The summed E-state index contributed by atoms with van der Waals surface area (Å²) in [6.07, 6.45) is 6.17. The van der Waals surface area contributed by atoms with Crippen LogP contribution in [0.4, 0.5) is 0 Å². The monoisotopic (exact) mass is 182 g/mol. The summed E-state index contributed by atoms with van der Waals surface area (Å²) in [5.74, 6) is 1.45. The van der Waals surface area contributed by atoms with Gasteiger partial charge in [-0.05, 0) is 19.3 Å². The van der Waals surface area contributed by atoms with Crippen LogP contribution in [0.2, 0.25) is 0 Å². The third kappa shape index (κ3) is 2.21. The molecule has 2 N–H and O–H groups in total. The van der Waals surface area contributed by atoms with Gasteiger partial charge in [0.25, 0.3) is 0 Å². The molecule has 3 heteroatoms. The Labute approximate surface area is 79.4 Å². The zero-order valence-corrected chi connectivity index (χ0v) is 8.04. The Bertz CT molecular complexity index is 191. The van der Waals surface area contributed by atoms with Crippen LogP contribution in [-0.2, 0) is 4.74 Å². The lowest BCUT2D eigenvalue weighted by atomic mass is 10.1. The lowest BCUT2D eigenvalue weighted by Crippen LogP contribution is -2.24. The SMILES string of the molecule is NC(=NC1CCOC1)C1CCCC1. The molecule has 0 aromatic heterocycles. The topological polar surface area (TPSA) is 47.6 Å². The number of hydrogen-bond donors (Lipinski definition) is 1. The van der Waals surface area contributed by atoms with Gasteiger partial charge in [0, 0.05) is 12.5 Å². The molecular formula is C10H18N2O. The van der Waals surface area contributed by atoms with Gasteiger partial charge in [0.1, 0.15) is 0 Å². The summed E-state index contributed by atoms with van der Waals surface area (Å²) in [6.45, 7) is 1.62. The zero-order valence-electron chi connectivity index (χ0n) is 8.04. The van der Waals surface area contributed by atoms with Crippen LogP contribution < -0.4 is 5.73 Å². The number of nitrogens with zero attached hydrogens (tertiary/aromatic N) is 1. The number of ether oxygens (including phenoxy) is 1. The maximum atomic E-state index is 5.95. The Kier molecular flexibility index (Phi) is 2.83. The average molecular weight is 182 g/mol. The van der Waals surface area contributed by atoms with Crippen molar-refractivity contribution in [1.29, 1.82) is 0 Å². The maximum Gasteiger partial charge on any atom is 0.0972 e. The van der Waals surface area contributed by atoms with E-state index in [1.54, 1.807) is 0 Å². The van der Waals surface area contributed by atoms with Crippen LogP contribution >= 0.6 is 0 Å². The van der Waals surface area contributed by atoms with Crippen molar-refractivity contribution in [2.75, 3.05) is 13.2 Å². The predicted molar refractivity (Wildman–Crippen MR) is 52.8 cm³/mol. The summed E-state index contributed by atoms with van der Waals surface area (Å²) in [5, 5.41) is 0. The molecule has 0 amide bonds. The molecule has 13 heavy (non-hydrogen) atoms. The van der Waals surface area contributed by atoms with Crippen molar-refractivity contribution in [2.24, 2.45) is 16.6 Å². The van der Waals surface area contributed by atoms with Crippen LogP contribution in [0.15, 0.2) is 4.99 Å². The molecule has 1 saturated heterocycles. The molecule has 74 valence electrons. The van der Waals surface area contributed by atoms with E-state index < -0.39 is 0 Å². The first-order valence-electron chi connectivity index (χ1n) is 5.27. The molecule has 2 aliphatic rings. The van der Waals surface area contributed by atoms with Crippen molar-refractivity contribution in [1.82, 2.24) is 0 Å². The first-order chi connectivity index (χ1) is 6.36. The summed E-state index contributed by atoms with van der Waals surface area (Å²) in [5.41, 5.74) is 5.95. The van der Waals surface area contributed by atoms with Crippen molar-refractivity contribution in [3.05, 3.63) is 0 Å². The summed E-state index contributed by atoms with van der Waals surface area (Å²) in [4.78, 5) is 4.53. The Hall–Kier alpha value is -0.570. The third-order valence-electron chi connectivity index (χ3n) is 3.01. The van der Waals surface area contributed by atoms with E-state index >= 15 is 0 Å². The normalized spacial score (nSPS) is 31.4. The van der Waals surface area contributed by atoms with Crippen LogP contribution in [0.25, 0.3) is 0 Å².